The lowest BCUT2D eigenvalue weighted by atomic mass is 9.93. The van der Waals surface area contributed by atoms with Crippen molar-refractivity contribution >= 4 is 16.8 Å². The number of aromatic nitrogens is 2. The molecule has 0 saturated carbocycles. The molecule has 5 rings (SSSR count). The van der Waals surface area contributed by atoms with Crippen LogP contribution in [0.2, 0.25) is 0 Å². The van der Waals surface area contributed by atoms with E-state index < -0.39 is 6.04 Å². The minimum absolute atomic E-state index is 0.0326. The number of hydrogen-bond donors (Lipinski definition) is 0. The fourth-order valence-electron chi connectivity index (χ4n) is 4.99. The zero-order valence-corrected chi connectivity index (χ0v) is 19.8. The van der Waals surface area contributed by atoms with E-state index in [2.05, 4.69) is 13.8 Å². The van der Waals surface area contributed by atoms with E-state index in [-0.39, 0.29) is 23.4 Å². The number of para-hydroxylation sites is 1. The van der Waals surface area contributed by atoms with Crippen molar-refractivity contribution in [2.75, 3.05) is 0 Å². The van der Waals surface area contributed by atoms with Gasteiger partial charge in [0.2, 0.25) is 5.91 Å². The summed E-state index contributed by atoms with van der Waals surface area (Å²) in [4.78, 5) is 34.8. The molecule has 5 heteroatoms. The minimum Gasteiger partial charge on any atom is -0.326 e. The van der Waals surface area contributed by atoms with E-state index >= 15 is 0 Å². The Morgan fingerprint density at radius 3 is 2.24 bits per heavy atom. The van der Waals surface area contributed by atoms with Crippen molar-refractivity contribution < 1.29 is 4.79 Å². The number of hydrogen-bond acceptors (Lipinski definition) is 3. The van der Waals surface area contributed by atoms with Crippen LogP contribution in [-0.4, -0.2) is 20.4 Å². The molecule has 0 radical (unpaired) electrons. The Bertz CT molecular complexity index is 1390. The predicted molar refractivity (Wildman–Crippen MR) is 134 cm³/mol. The molecule has 172 valence electrons. The average Bonchev–Trinajstić information content (AvgIpc) is 2.83. The van der Waals surface area contributed by atoms with Gasteiger partial charge in [-0.05, 0) is 36.1 Å². The SMILES string of the molecule is Cc1ccc(C[C@@H]2C(=O)N(Cc3ccccc3)[C@@H](C(C)C)c3nc4ccccc4c(=O)n32)cc1. The van der Waals surface area contributed by atoms with E-state index in [1.807, 2.05) is 84.6 Å². The van der Waals surface area contributed by atoms with Crippen molar-refractivity contribution in [2.45, 2.75) is 45.8 Å². The lowest BCUT2D eigenvalue weighted by molar-refractivity contribution is -0.142. The second-order valence-corrected chi connectivity index (χ2v) is 9.51. The Morgan fingerprint density at radius 2 is 1.53 bits per heavy atom. The van der Waals surface area contributed by atoms with Crippen molar-refractivity contribution in [1.29, 1.82) is 0 Å². The second-order valence-electron chi connectivity index (χ2n) is 9.51. The van der Waals surface area contributed by atoms with Gasteiger partial charge in [0, 0.05) is 13.0 Å². The summed E-state index contributed by atoms with van der Waals surface area (Å²) in [5.41, 5.74) is 3.78. The van der Waals surface area contributed by atoms with Crippen LogP contribution in [0, 0.1) is 12.8 Å². The summed E-state index contributed by atoms with van der Waals surface area (Å²) in [6.45, 7) is 6.69. The lowest BCUT2D eigenvalue weighted by Gasteiger charge is -2.43. The van der Waals surface area contributed by atoms with Gasteiger partial charge in [0.05, 0.1) is 16.9 Å². The third-order valence-corrected chi connectivity index (χ3v) is 6.69. The number of carbonyl (C=O) groups is 1. The van der Waals surface area contributed by atoms with Gasteiger partial charge in [-0.2, -0.15) is 0 Å². The van der Waals surface area contributed by atoms with Gasteiger partial charge in [0.1, 0.15) is 11.9 Å². The van der Waals surface area contributed by atoms with Gasteiger partial charge < -0.3 is 4.90 Å². The second kappa shape index (κ2) is 8.90. The third-order valence-electron chi connectivity index (χ3n) is 6.69. The Hall–Kier alpha value is -3.73. The molecule has 0 aliphatic carbocycles. The number of benzene rings is 3. The molecule has 1 amide bonds. The minimum atomic E-state index is -0.638. The largest absolute Gasteiger partial charge is 0.326 e. The van der Waals surface area contributed by atoms with Gasteiger partial charge in [0.15, 0.2) is 0 Å². The lowest BCUT2D eigenvalue weighted by Crippen LogP contribution is -2.51. The quantitative estimate of drug-likeness (QED) is 0.418. The van der Waals surface area contributed by atoms with Crippen molar-refractivity contribution in [3.8, 4) is 0 Å². The summed E-state index contributed by atoms with van der Waals surface area (Å²) in [5.74, 6) is 0.730. The van der Waals surface area contributed by atoms with Gasteiger partial charge in [0.25, 0.3) is 5.56 Å². The van der Waals surface area contributed by atoms with E-state index in [9.17, 15) is 9.59 Å². The van der Waals surface area contributed by atoms with Crippen LogP contribution in [0.5, 0.6) is 0 Å². The number of fused-ring (bicyclic) bond motifs is 2. The highest BCUT2D eigenvalue weighted by atomic mass is 16.2. The molecular weight excluding hydrogens is 422 g/mol. The predicted octanol–water partition coefficient (Wildman–Crippen LogP) is 5.23. The molecule has 1 aliphatic heterocycles. The van der Waals surface area contributed by atoms with E-state index in [0.29, 0.717) is 29.7 Å². The smallest absolute Gasteiger partial charge is 0.262 e. The number of nitrogens with zero attached hydrogens (tertiary/aromatic N) is 3. The topological polar surface area (TPSA) is 55.2 Å². The zero-order chi connectivity index (χ0) is 23.8. The first-order valence-electron chi connectivity index (χ1n) is 11.8. The van der Waals surface area contributed by atoms with Crippen LogP contribution >= 0.6 is 0 Å². The molecule has 34 heavy (non-hydrogen) atoms. The normalized spacial score (nSPS) is 17.9. The summed E-state index contributed by atoms with van der Waals surface area (Å²) in [6, 6.07) is 24.7. The van der Waals surface area contributed by atoms with Crippen LogP contribution in [-0.2, 0) is 17.8 Å². The molecule has 0 N–H and O–H groups in total. The number of amides is 1. The Morgan fingerprint density at radius 1 is 0.853 bits per heavy atom. The average molecular weight is 452 g/mol. The van der Waals surface area contributed by atoms with E-state index in [1.54, 1.807) is 10.6 Å². The summed E-state index contributed by atoms with van der Waals surface area (Å²) in [7, 11) is 0. The van der Waals surface area contributed by atoms with Crippen molar-refractivity contribution in [3.05, 3.63) is 112 Å². The molecule has 1 aliphatic rings. The number of carbonyl (C=O) groups excluding carboxylic acids is 1. The molecule has 0 unspecified atom stereocenters. The maximum Gasteiger partial charge on any atom is 0.262 e. The van der Waals surface area contributed by atoms with E-state index in [4.69, 9.17) is 4.98 Å². The van der Waals surface area contributed by atoms with Crippen LogP contribution in [0.3, 0.4) is 0 Å². The summed E-state index contributed by atoms with van der Waals surface area (Å²) < 4.78 is 1.68. The van der Waals surface area contributed by atoms with Crippen LogP contribution in [0.25, 0.3) is 10.9 Å². The molecule has 2 atom stereocenters. The van der Waals surface area contributed by atoms with E-state index in [1.165, 1.54) is 0 Å². The van der Waals surface area contributed by atoms with Crippen LogP contribution < -0.4 is 5.56 Å². The Balaban J connectivity index is 1.71. The first-order valence-corrected chi connectivity index (χ1v) is 11.8. The maximum atomic E-state index is 14.1. The van der Waals surface area contributed by atoms with Gasteiger partial charge >= 0.3 is 0 Å². The fraction of sp³-hybridized carbons (Fsp3) is 0.276. The molecule has 2 heterocycles. The highest BCUT2D eigenvalue weighted by molar-refractivity contribution is 5.84. The van der Waals surface area contributed by atoms with Crippen molar-refractivity contribution in [3.63, 3.8) is 0 Å². The monoisotopic (exact) mass is 451 g/mol. The fourth-order valence-corrected chi connectivity index (χ4v) is 4.99. The molecule has 3 aromatic carbocycles. The first-order chi connectivity index (χ1) is 16.4. The van der Waals surface area contributed by atoms with Gasteiger partial charge in [-0.15, -0.1) is 0 Å². The molecule has 4 aromatic rings. The zero-order valence-electron chi connectivity index (χ0n) is 19.8. The number of aryl methyl sites for hydroxylation is 1. The number of rotatable bonds is 5. The highest BCUT2D eigenvalue weighted by Gasteiger charge is 2.42. The maximum absolute atomic E-state index is 14.1. The van der Waals surface area contributed by atoms with Gasteiger partial charge in [-0.1, -0.05) is 86.1 Å². The van der Waals surface area contributed by atoms with Crippen LogP contribution in [0.15, 0.2) is 83.7 Å². The van der Waals surface area contributed by atoms with Crippen LogP contribution in [0.1, 0.15) is 48.4 Å². The summed E-state index contributed by atoms with van der Waals surface area (Å²) in [5, 5.41) is 0.548. The molecule has 0 fully saturated rings. The molecule has 0 bridgehead atoms. The van der Waals surface area contributed by atoms with Crippen LogP contribution in [0.4, 0.5) is 0 Å². The van der Waals surface area contributed by atoms with Crippen molar-refractivity contribution in [2.24, 2.45) is 5.92 Å². The van der Waals surface area contributed by atoms with Gasteiger partial charge in [-0.25, -0.2) is 4.98 Å². The first kappa shape index (κ1) is 22.1. The highest BCUT2D eigenvalue weighted by Crippen LogP contribution is 2.37. The summed E-state index contributed by atoms with van der Waals surface area (Å²) >= 11 is 0. The molecular formula is C29H29N3O2. The van der Waals surface area contributed by atoms with Crippen molar-refractivity contribution in [1.82, 2.24) is 14.5 Å². The molecule has 0 spiro atoms. The standard InChI is InChI=1S/C29H29N3O2/c1-19(2)26-27-30-24-12-8-7-11-23(24)28(33)32(27)25(17-21-15-13-20(3)14-16-21)29(34)31(26)18-22-9-5-4-6-10-22/h4-16,19,25-26H,17-18H2,1-3H3/t25-,26+/m1/s1. The Labute approximate surface area is 199 Å². The molecule has 1 aromatic heterocycles. The molecule has 0 saturated heterocycles. The summed E-state index contributed by atoms with van der Waals surface area (Å²) in [6.07, 6.45) is 0.447. The van der Waals surface area contributed by atoms with E-state index in [0.717, 1.165) is 16.7 Å². The third kappa shape index (κ3) is 3.92. The molecule has 5 nitrogen and oxygen atoms in total. The Kier molecular flexibility index (Phi) is 5.78. The van der Waals surface area contributed by atoms with Gasteiger partial charge in [-0.3, -0.25) is 14.2 Å².